The summed E-state index contributed by atoms with van der Waals surface area (Å²) < 4.78 is 11.4. The zero-order chi connectivity index (χ0) is 22.3. The molecule has 8 heteroatoms. The lowest BCUT2D eigenvalue weighted by atomic mass is 9.96. The van der Waals surface area contributed by atoms with Crippen molar-refractivity contribution in [1.29, 1.82) is 0 Å². The van der Waals surface area contributed by atoms with E-state index < -0.39 is 0 Å². The van der Waals surface area contributed by atoms with Crippen LogP contribution in [-0.2, 0) is 9.53 Å². The smallest absolute Gasteiger partial charge is 0.324 e. The molecule has 176 valence electrons. The van der Waals surface area contributed by atoms with Gasteiger partial charge in [-0.05, 0) is 44.4 Å². The lowest BCUT2D eigenvalue weighted by Gasteiger charge is -2.39. The van der Waals surface area contributed by atoms with Crippen LogP contribution in [0.2, 0.25) is 0 Å². The fourth-order valence-corrected chi connectivity index (χ4v) is 4.68. The van der Waals surface area contributed by atoms with Crippen molar-refractivity contribution < 1.29 is 19.1 Å². The molecule has 2 saturated heterocycles. The number of carbonyl (C=O) groups excluding carboxylic acids is 2. The number of para-hydroxylation sites is 2. The molecular weight excluding hydrogens is 408 g/mol. The number of morpholine rings is 1. The number of benzene rings is 1. The summed E-state index contributed by atoms with van der Waals surface area (Å²) >= 11 is 0. The van der Waals surface area contributed by atoms with Gasteiger partial charge in [-0.3, -0.25) is 14.6 Å². The van der Waals surface area contributed by atoms with Gasteiger partial charge in [-0.25, -0.2) is 4.79 Å². The number of piperidine rings is 1. The Hall–Kier alpha value is -2.32. The van der Waals surface area contributed by atoms with Gasteiger partial charge in [0.15, 0.2) is 0 Å². The van der Waals surface area contributed by atoms with Gasteiger partial charge < -0.3 is 19.7 Å². The highest BCUT2D eigenvalue weighted by Crippen LogP contribution is 2.35. The number of anilines is 1. The summed E-state index contributed by atoms with van der Waals surface area (Å²) in [5.41, 5.74) is 0.835. The first kappa shape index (κ1) is 22.9. The molecule has 1 atom stereocenters. The second kappa shape index (κ2) is 11.0. The predicted octanol–water partition coefficient (Wildman–Crippen LogP) is 2.33. The lowest BCUT2D eigenvalue weighted by molar-refractivity contribution is -0.126. The van der Waals surface area contributed by atoms with Crippen LogP contribution >= 0.6 is 0 Å². The molecule has 0 radical (unpaired) electrons. The van der Waals surface area contributed by atoms with Gasteiger partial charge in [0.05, 0.1) is 25.4 Å². The molecular formula is C24H36N4O4. The molecule has 3 amide bonds. The normalized spacial score (nSPS) is 22.2. The number of hydrogen-bond donors (Lipinski definition) is 1. The molecule has 1 N–H and O–H groups in total. The highest BCUT2D eigenvalue weighted by atomic mass is 16.5. The first-order chi connectivity index (χ1) is 15.7. The molecule has 4 rings (SSSR count). The number of hydrogen-bond acceptors (Lipinski definition) is 5. The zero-order valence-electron chi connectivity index (χ0n) is 19.1. The molecule has 0 spiro atoms. The van der Waals surface area contributed by atoms with Crippen LogP contribution in [0.15, 0.2) is 24.3 Å². The molecule has 1 unspecified atom stereocenters. The number of nitrogens with zero attached hydrogens (tertiary/aromatic N) is 3. The molecule has 2 fully saturated rings. The zero-order valence-corrected chi connectivity index (χ0v) is 19.1. The molecule has 8 nitrogen and oxygen atoms in total. The van der Waals surface area contributed by atoms with E-state index in [-0.39, 0.29) is 24.0 Å². The molecule has 3 aliphatic rings. The van der Waals surface area contributed by atoms with Gasteiger partial charge in [-0.15, -0.1) is 0 Å². The average Bonchev–Trinajstić information content (AvgIpc) is 2.86. The maximum Gasteiger partial charge on any atom is 0.324 e. The van der Waals surface area contributed by atoms with Crippen molar-refractivity contribution in [3.63, 3.8) is 0 Å². The summed E-state index contributed by atoms with van der Waals surface area (Å²) in [5, 5.41) is 3.10. The van der Waals surface area contributed by atoms with Gasteiger partial charge in [0.2, 0.25) is 5.91 Å². The first-order valence-corrected chi connectivity index (χ1v) is 12.1. The SMILES string of the molecule is CCC1CN(C(=O)N2CCC(C(=O)NCCCN3CCOCC3)CC2)c2ccccc2O1. The number of amides is 3. The maximum absolute atomic E-state index is 13.3. The molecule has 0 saturated carbocycles. The highest BCUT2D eigenvalue weighted by molar-refractivity contribution is 5.94. The van der Waals surface area contributed by atoms with Crippen molar-refractivity contribution in [3.05, 3.63) is 24.3 Å². The van der Waals surface area contributed by atoms with Crippen LogP contribution in [-0.4, -0.2) is 86.9 Å². The second-order valence-electron chi connectivity index (χ2n) is 8.87. The molecule has 32 heavy (non-hydrogen) atoms. The Morgan fingerprint density at radius 3 is 2.59 bits per heavy atom. The quantitative estimate of drug-likeness (QED) is 0.682. The van der Waals surface area contributed by atoms with Crippen LogP contribution in [0.3, 0.4) is 0 Å². The summed E-state index contributed by atoms with van der Waals surface area (Å²) in [6.45, 7) is 9.14. The highest BCUT2D eigenvalue weighted by Gasteiger charge is 2.34. The summed E-state index contributed by atoms with van der Waals surface area (Å²) in [6, 6.07) is 7.75. The number of carbonyl (C=O) groups is 2. The Bertz CT molecular complexity index is 775. The third kappa shape index (κ3) is 5.53. The Kier molecular flexibility index (Phi) is 7.86. The number of urea groups is 1. The van der Waals surface area contributed by atoms with Crippen molar-refractivity contribution in [2.24, 2.45) is 5.92 Å². The number of rotatable bonds is 6. The largest absolute Gasteiger partial charge is 0.486 e. The van der Waals surface area contributed by atoms with Crippen molar-refractivity contribution in [3.8, 4) is 5.75 Å². The number of fused-ring (bicyclic) bond motifs is 1. The fourth-order valence-electron chi connectivity index (χ4n) is 4.68. The minimum Gasteiger partial charge on any atom is -0.486 e. The van der Waals surface area contributed by atoms with E-state index >= 15 is 0 Å². The van der Waals surface area contributed by atoms with Gasteiger partial charge >= 0.3 is 6.03 Å². The molecule has 0 bridgehead atoms. The maximum atomic E-state index is 13.3. The molecule has 1 aromatic rings. The van der Waals surface area contributed by atoms with Crippen molar-refractivity contribution in [1.82, 2.24) is 15.1 Å². The topological polar surface area (TPSA) is 74.4 Å². The second-order valence-corrected chi connectivity index (χ2v) is 8.87. The number of nitrogens with one attached hydrogen (secondary N) is 1. The summed E-state index contributed by atoms with van der Waals surface area (Å²) in [5.74, 6) is 0.884. The van der Waals surface area contributed by atoms with E-state index in [9.17, 15) is 9.59 Å². The Morgan fingerprint density at radius 1 is 1.09 bits per heavy atom. The van der Waals surface area contributed by atoms with Crippen LogP contribution in [0.5, 0.6) is 5.75 Å². The molecule has 3 heterocycles. The minimum absolute atomic E-state index is 0.00892. The molecule has 1 aromatic carbocycles. The van der Waals surface area contributed by atoms with Crippen LogP contribution in [0.25, 0.3) is 0 Å². The Labute approximate surface area is 190 Å². The number of ether oxygens (including phenoxy) is 2. The van der Waals surface area contributed by atoms with E-state index in [1.54, 1.807) is 0 Å². The molecule has 3 aliphatic heterocycles. The third-order valence-corrected chi connectivity index (χ3v) is 6.71. The first-order valence-electron chi connectivity index (χ1n) is 12.1. The van der Waals surface area contributed by atoms with E-state index in [4.69, 9.17) is 9.47 Å². The standard InChI is InChI=1S/C24H36N4O4/c1-2-20-18-28(21-6-3-4-7-22(21)32-20)24(30)27-12-8-19(9-13-27)23(29)25-10-5-11-26-14-16-31-17-15-26/h3-4,6-7,19-20H,2,5,8-18H2,1H3,(H,25,29). The predicted molar refractivity (Wildman–Crippen MR) is 123 cm³/mol. The Balaban J connectivity index is 1.22. The van der Waals surface area contributed by atoms with E-state index in [1.807, 2.05) is 34.1 Å². The van der Waals surface area contributed by atoms with Crippen molar-refractivity contribution in [2.45, 2.75) is 38.7 Å². The van der Waals surface area contributed by atoms with Crippen LogP contribution in [0.4, 0.5) is 10.5 Å². The van der Waals surface area contributed by atoms with Gasteiger partial charge in [0.25, 0.3) is 0 Å². The van der Waals surface area contributed by atoms with E-state index in [0.29, 0.717) is 39.0 Å². The van der Waals surface area contributed by atoms with Gasteiger partial charge in [-0.1, -0.05) is 19.1 Å². The van der Waals surface area contributed by atoms with E-state index in [1.165, 1.54) is 0 Å². The third-order valence-electron chi connectivity index (χ3n) is 6.71. The van der Waals surface area contributed by atoms with Crippen LogP contribution < -0.4 is 15.0 Å². The van der Waals surface area contributed by atoms with E-state index in [2.05, 4.69) is 17.1 Å². The van der Waals surface area contributed by atoms with Gasteiger partial charge in [0, 0.05) is 38.6 Å². The van der Waals surface area contributed by atoms with Crippen LogP contribution in [0, 0.1) is 5.92 Å². The fraction of sp³-hybridized carbons (Fsp3) is 0.667. The minimum atomic E-state index is -0.0113. The van der Waals surface area contributed by atoms with Gasteiger partial charge in [0.1, 0.15) is 11.9 Å². The molecule has 0 aliphatic carbocycles. The Morgan fingerprint density at radius 2 is 1.84 bits per heavy atom. The average molecular weight is 445 g/mol. The number of likely N-dealkylation sites (tertiary alicyclic amines) is 1. The van der Waals surface area contributed by atoms with Crippen molar-refractivity contribution >= 4 is 17.6 Å². The lowest BCUT2D eigenvalue weighted by Crippen LogP contribution is -2.52. The monoisotopic (exact) mass is 444 g/mol. The summed E-state index contributed by atoms with van der Waals surface area (Å²) in [4.78, 5) is 32.0. The summed E-state index contributed by atoms with van der Waals surface area (Å²) in [7, 11) is 0. The summed E-state index contributed by atoms with van der Waals surface area (Å²) in [6.07, 6.45) is 3.24. The molecule has 0 aromatic heterocycles. The van der Waals surface area contributed by atoms with Gasteiger partial charge in [-0.2, -0.15) is 0 Å². The van der Waals surface area contributed by atoms with Crippen molar-refractivity contribution in [2.75, 3.05) is 63.9 Å². The van der Waals surface area contributed by atoms with Crippen LogP contribution in [0.1, 0.15) is 32.6 Å². The van der Waals surface area contributed by atoms with E-state index in [0.717, 1.165) is 57.1 Å².